The molecule has 1 aliphatic carbocycles. The van der Waals surface area contributed by atoms with Crippen molar-refractivity contribution in [3.63, 3.8) is 0 Å². The highest BCUT2D eigenvalue weighted by molar-refractivity contribution is 5.95. The summed E-state index contributed by atoms with van der Waals surface area (Å²) in [5.74, 6) is 0.324. The van der Waals surface area contributed by atoms with Gasteiger partial charge >= 0.3 is 5.97 Å². The van der Waals surface area contributed by atoms with Crippen molar-refractivity contribution in [2.24, 2.45) is 0 Å². The van der Waals surface area contributed by atoms with Gasteiger partial charge in [0.25, 0.3) is 0 Å². The van der Waals surface area contributed by atoms with Crippen molar-refractivity contribution in [3.05, 3.63) is 65.4 Å². The predicted molar refractivity (Wildman–Crippen MR) is 86.3 cm³/mol. The van der Waals surface area contributed by atoms with Gasteiger partial charge in [-0.15, -0.1) is 0 Å². The van der Waals surface area contributed by atoms with Crippen molar-refractivity contribution in [1.29, 1.82) is 0 Å². The van der Waals surface area contributed by atoms with E-state index in [4.69, 9.17) is 4.74 Å². The molecule has 1 aliphatic rings. The third-order valence-corrected chi connectivity index (χ3v) is 4.32. The summed E-state index contributed by atoms with van der Waals surface area (Å²) in [4.78, 5) is 15.4. The zero-order valence-electron chi connectivity index (χ0n) is 12.3. The maximum atomic E-state index is 12.3. The molecule has 1 heterocycles. The molecular weight excluding hydrogens is 274 g/mol. The van der Waals surface area contributed by atoms with E-state index in [0.29, 0.717) is 11.3 Å². The van der Waals surface area contributed by atoms with Gasteiger partial charge in [-0.1, -0.05) is 12.1 Å². The van der Waals surface area contributed by atoms with Gasteiger partial charge in [0.05, 0.1) is 5.56 Å². The van der Waals surface area contributed by atoms with Gasteiger partial charge in [-0.3, -0.25) is 0 Å². The number of esters is 1. The molecule has 0 radical (unpaired) electrons. The average molecular weight is 291 g/mol. The van der Waals surface area contributed by atoms with Crippen LogP contribution in [0.5, 0.6) is 5.75 Å². The van der Waals surface area contributed by atoms with Gasteiger partial charge in [-0.05, 0) is 72.5 Å². The molecule has 3 aromatic rings. The maximum Gasteiger partial charge on any atom is 0.343 e. The lowest BCUT2D eigenvalue weighted by molar-refractivity contribution is 0.0735. The zero-order chi connectivity index (χ0) is 14.9. The van der Waals surface area contributed by atoms with E-state index in [9.17, 15) is 4.79 Å². The minimum atomic E-state index is -0.313. The van der Waals surface area contributed by atoms with Gasteiger partial charge in [0, 0.05) is 11.7 Å². The lowest BCUT2D eigenvalue weighted by atomic mass is 9.92. The average Bonchev–Trinajstić information content (AvgIpc) is 3.02. The summed E-state index contributed by atoms with van der Waals surface area (Å²) in [6, 6.07) is 13.5. The summed E-state index contributed by atoms with van der Waals surface area (Å²) >= 11 is 0. The number of aryl methyl sites for hydroxylation is 2. The van der Waals surface area contributed by atoms with Gasteiger partial charge in [-0.2, -0.15) is 0 Å². The van der Waals surface area contributed by atoms with E-state index in [1.165, 1.54) is 24.0 Å². The van der Waals surface area contributed by atoms with Crippen molar-refractivity contribution in [3.8, 4) is 5.75 Å². The van der Waals surface area contributed by atoms with Gasteiger partial charge < -0.3 is 9.72 Å². The number of H-pyrrole nitrogens is 1. The standard InChI is InChI=1S/C19H17NO2/c21-19(16-6-5-14-9-10-20-18(14)12-16)22-17-8-7-13-3-1-2-4-15(13)11-17/h5-12,20H,1-4H2. The van der Waals surface area contributed by atoms with Crippen LogP contribution in [0.2, 0.25) is 0 Å². The Balaban J connectivity index is 1.58. The smallest absolute Gasteiger partial charge is 0.343 e. The Kier molecular flexibility index (Phi) is 3.19. The number of ether oxygens (including phenoxy) is 1. The molecule has 0 spiro atoms. The first-order valence-electron chi connectivity index (χ1n) is 7.71. The molecule has 3 heteroatoms. The van der Waals surface area contributed by atoms with Crippen LogP contribution in [0.4, 0.5) is 0 Å². The Morgan fingerprint density at radius 3 is 2.73 bits per heavy atom. The Bertz CT molecular complexity index is 848. The van der Waals surface area contributed by atoms with E-state index in [2.05, 4.69) is 11.1 Å². The highest BCUT2D eigenvalue weighted by Gasteiger charge is 2.13. The lowest BCUT2D eigenvalue weighted by Gasteiger charge is -2.16. The molecule has 1 N–H and O–H groups in total. The molecule has 0 amide bonds. The number of aromatic amines is 1. The third-order valence-electron chi connectivity index (χ3n) is 4.32. The molecule has 110 valence electrons. The van der Waals surface area contributed by atoms with E-state index in [-0.39, 0.29) is 5.97 Å². The highest BCUT2D eigenvalue weighted by atomic mass is 16.5. The molecule has 0 bridgehead atoms. The highest BCUT2D eigenvalue weighted by Crippen LogP contribution is 2.26. The Morgan fingerprint density at radius 2 is 1.82 bits per heavy atom. The SMILES string of the molecule is O=C(Oc1ccc2c(c1)CCCC2)c1ccc2cc[nH]c2c1. The molecule has 1 aromatic heterocycles. The largest absolute Gasteiger partial charge is 0.423 e. The molecule has 22 heavy (non-hydrogen) atoms. The number of nitrogens with one attached hydrogen (secondary N) is 1. The van der Waals surface area contributed by atoms with Crippen molar-refractivity contribution < 1.29 is 9.53 Å². The van der Waals surface area contributed by atoms with Gasteiger partial charge in [0.2, 0.25) is 0 Å². The third kappa shape index (κ3) is 2.39. The lowest BCUT2D eigenvalue weighted by Crippen LogP contribution is -2.09. The number of carbonyl (C=O) groups is 1. The van der Waals surface area contributed by atoms with Gasteiger partial charge in [0.15, 0.2) is 0 Å². The van der Waals surface area contributed by atoms with Crippen molar-refractivity contribution >= 4 is 16.9 Å². The second-order valence-corrected chi connectivity index (χ2v) is 5.81. The zero-order valence-corrected chi connectivity index (χ0v) is 12.3. The van der Waals surface area contributed by atoms with E-state index >= 15 is 0 Å². The fourth-order valence-electron chi connectivity index (χ4n) is 3.11. The molecule has 0 aliphatic heterocycles. The summed E-state index contributed by atoms with van der Waals surface area (Å²) in [6.45, 7) is 0. The van der Waals surface area contributed by atoms with Crippen molar-refractivity contribution in [2.75, 3.05) is 0 Å². The number of fused-ring (bicyclic) bond motifs is 2. The minimum Gasteiger partial charge on any atom is -0.423 e. The van der Waals surface area contributed by atoms with Crippen LogP contribution in [-0.4, -0.2) is 11.0 Å². The molecule has 0 unspecified atom stereocenters. The first kappa shape index (κ1) is 13.1. The molecular formula is C19H17NO2. The first-order valence-corrected chi connectivity index (χ1v) is 7.71. The van der Waals surface area contributed by atoms with E-state index < -0.39 is 0 Å². The molecule has 2 aromatic carbocycles. The van der Waals surface area contributed by atoms with Crippen molar-refractivity contribution in [2.45, 2.75) is 25.7 Å². The van der Waals surface area contributed by atoms with Crippen LogP contribution >= 0.6 is 0 Å². The molecule has 0 saturated carbocycles. The fourth-order valence-corrected chi connectivity index (χ4v) is 3.11. The Labute approximate surface area is 128 Å². The van der Waals surface area contributed by atoms with E-state index in [1.807, 2.05) is 36.5 Å². The molecule has 3 nitrogen and oxygen atoms in total. The Morgan fingerprint density at radius 1 is 0.955 bits per heavy atom. The number of hydrogen-bond acceptors (Lipinski definition) is 2. The van der Waals surface area contributed by atoms with Gasteiger partial charge in [-0.25, -0.2) is 4.79 Å². The number of rotatable bonds is 2. The molecule has 0 atom stereocenters. The normalized spacial score (nSPS) is 13.8. The van der Waals surface area contributed by atoms with Crippen LogP contribution in [0, 0.1) is 0 Å². The predicted octanol–water partition coefficient (Wildman–Crippen LogP) is 4.27. The molecule has 0 saturated heterocycles. The summed E-state index contributed by atoms with van der Waals surface area (Å²) in [6.07, 6.45) is 6.54. The Hall–Kier alpha value is -2.55. The summed E-state index contributed by atoms with van der Waals surface area (Å²) in [5, 5.41) is 1.09. The van der Waals surface area contributed by atoms with Crippen LogP contribution in [-0.2, 0) is 12.8 Å². The molecule has 4 rings (SSSR count). The van der Waals surface area contributed by atoms with Gasteiger partial charge in [0.1, 0.15) is 5.75 Å². The topological polar surface area (TPSA) is 42.1 Å². The second kappa shape index (κ2) is 5.34. The van der Waals surface area contributed by atoms with Crippen LogP contribution in [0.15, 0.2) is 48.7 Å². The fraction of sp³-hybridized carbons (Fsp3) is 0.211. The maximum absolute atomic E-state index is 12.3. The summed E-state index contributed by atoms with van der Waals surface area (Å²) < 4.78 is 5.54. The number of carbonyl (C=O) groups excluding carboxylic acids is 1. The summed E-state index contributed by atoms with van der Waals surface area (Å²) in [5.41, 5.74) is 4.21. The quantitative estimate of drug-likeness (QED) is 0.566. The van der Waals surface area contributed by atoms with E-state index in [1.54, 1.807) is 6.07 Å². The first-order chi connectivity index (χ1) is 10.8. The number of aromatic nitrogens is 1. The van der Waals surface area contributed by atoms with Crippen LogP contribution in [0.1, 0.15) is 34.3 Å². The number of benzene rings is 2. The van der Waals surface area contributed by atoms with Crippen LogP contribution in [0.25, 0.3) is 10.9 Å². The van der Waals surface area contributed by atoms with Crippen molar-refractivity contribution in [1.82, 2.24) is 4.98 Å². The van der Waals surface area contributed by atoms with Crippen LogP contribution < -0.4 is 4.74 Å². The second-order valence-electron chi connectivity index (χ2n) is 5.81. The number of hydrogen-bond donors (Lipinski definition) is 1. The van der Waals surface area contributed by atoms with Crippen LogP contribution in [0.3, 0.4) is 0 Å². The summed E-state index contributed by atoms with van der Waals surface area (Å²) in [7, 11) is 0. The molecule has 0 fully saturated rings. The van der Waals surface area contributed by atoms with E-state index in [0.717, 1.165) is 23.7 Å². The monoisotopic (exact) mass is 291 g/mol. The minimum absolute atomic E-state index is 0.313.